The molecule has 2 aromatic heterocycles. The van der Waals surface area contributed by atoms with E-state index in [1.165, 1.54) is 0 Å². The van der Waals surface area contributed by atoms with E-state index in [0.29, 0.717) is 24.0 Å². The molecule has 0 saturated carbocycles. The first-order valence-electron chi connectivity index (χ1n) is 8.83. The van der Waals surface area contributed by atoms with E-state index in [9.17, 15) is 0 Å². The molecule has 1 aliphatic heterocycles. The molecule has 3 heterocycles. The lowest BCUT2D eigenvalue weighted by Gasteiger charge is -2.15. The van der Waals surface area contributed by atoms with Crippen LogP contribution in [0.25, 0.3) is 21.9 Å². The standard InChI is InChI=1S/C15H13ClN4.C5H10O2/c16-14-8-20-15(18)5-13(14)10-2-1-9-4-12(6-17)19-7-11(9)3-10;6-5-2-1-3-7-4-5/h1-5,7-8H,6,17H2,(H2,18,20);5-6H,1-4H2. The smallest absolute Gasteiger partial charge is 0.124 e. The van der Waals surface area contributed by atoms with Crippen LogP contribution in [0.4, 0.5) is 5.82 Å². The molecule has 4 rings (SSSR count). The number of aliphatic hydroxyl groups is 1. The van der Waals surface area contributed by atoms with E-state index in [1.807, 2.05) is 30.5 Å². The minimum Gasteiger partial charge on any atom is -0.391 e. The third-order valence-electron chi connectivity index (χ3n) is 4.31. The third kappa shape index (κ3) is 5.14. The largest absolute Gasteiger partial charge is 0.391 e. The van der Waals surface area contributed by atoms with Crippen molar-refractivity contribution >= 4 is 28.2 Å². The second-order valence-corrected chi connectivity index (χ2v) is 6.81. The van der Waals surface area contributed by atoms with Gasteiger partial charge in [-0.25, -0.2) is 4.98 Å². The maximum absolute atomic E-state index is 8.78. The van der Waals surface area contributed by atoms with Gasteiger partial charge in [-0.2, -0.15) is 0 Å². The molecule has 0 amide bonds. The SMILES string of the molecule is NCc1cc2ccc(-c3cc(N)ncc3Cl)cc2cn1.OC1CCCOC1. The average Bonchev–Trinajstić information content (AvgIpc) is 2.70. The number of anilines is 1. The number of hydrogen-bond acceptors (Lipinski definition) is 6. The number of rotatable bonds is 2. The number of benzene rings is 1. The van der Waals surface area contributed by atoms with Crippen LogP contribution < -0.4 is 11.5 Å². The Labute approximate surface area is 163 Å². The maximum Gasteiger partial charge on any atom is 0.124 e. The number of pyridine rings is 2. The van der Waals surface area contributed by atoms with Crippen LogP contribution in [0.15, 0.2) is 42.7 Å². The Morgan fingerprint density at radius 3 is 2.67 bits per heavy atom. The van der Waals surface area contributed by atoms with Gasteiger partial charge in [0.15, 0.2) is 0 Å². The summed E-state index contributed by atoms with van der Waals surface area (Å²) in [6.45, 7) is 1.81. The summed E-state index contributed by atoms with van der Waals surface area (Å²) in [7, 11) is 0. The van der Waals surface area contributed by atoms with Crippen molar-refractivity contribution < 1.29 is 9.84 Å². The van der Waals surface area contributed by atoms with E-state index in [2.05, 4.69) is 9.97 Å². The molecule has 0 spiro atoms. The Bertz CT molecular complexity index is 914. The fraction of sp³-hybridized carbons (Fsp3) is 0.300. The average molecular weight is 387 g/mol. The molecule has 1 aliphatic rings. The van der Waals surface area contributed by atoms with Gasteiger partial charge in [-0.05, 0) is 42.0 Å². The first-order valence-corrected chi connectivity index (χ1v) is 9.20. The second kappa shape index (κ2) is 9.10. The van der Waals surface area contributed by atoms with Crippen molar-refractivity contribution in [1.29, 1.82) is 0 Å². The van der Waals surface area contributed by atoms with Crippen molar-refractivity contribution in [2.45, 2.75) is 25.5 Å². The quantitative estimate of drug-likeness (QED) is 0.624. The van der Waals surface area contributed by atoms with Crippen molar-refractivity contribution in [1.82, 2.24) is 9.97 Å². The molecule has 0 radical (unpaired) electrons. The number of hydrogen-bond donors (Lipinski definition) is 3. The summed E-state index contributed by atoms with van der Waals surface area (Å²) in [5.41, 5.74) is 14.0. The molecule has 27 heavy (non-hydrogen) atoms. The molecular formula is C20H23ClN4O2. The number of halogens is 1. The molecule has 1 saturated heterocycles. The monoisotopic (exact) mass is 386 g/mol. The second-order valence-electron chi connectivity index (χ2n) is 6.40. The van der Waals surface area contributed by atoms with Gasteiger partial charge in [0.1, 0.15) is 5.82 Å². The zero-order chi connectivity index (χ0) is 19.2. The zero-order valence-corrected chi connectivity index (χ0v) is 15.7. The summed E-state index contributed by atoms with van der Waals surface area (Å²) in [6, 6.07) is 9.82. The molecule has 142 valence electrons. The van der Waals surface area contributed by atoms with Gasteiger partial charge >= 0.3 is 0 Å². The van der Waals surface area contributed by atoms with Gasteiger partial charge in [-0.1, -0.05) is 23.7 Å². The van der Waals surface area contributed by atoms with Gasteiger partial charge < -0.3 is 21.3 Å². The van der Waals surface area contributed by atoms with Crippen LogP contribution >= 0.6 is 11.6 Å². The third-order valence-corrected chi connectivity index (χ3v) is 4.61. The summed E-state index contributed by atoms with van der Waals surface area (Å²) < 4.78 is 4.93. The Kier molecular flexibility index (Phi) is 6.58. The van der Waals surface area contributed by atoms with Gasteiger partial charge in [0, 0.05) is 36.5 Å². The number of nitrogens with two attached hydrogens (primary N) is 2. The Morgan fingerprint density at radius 1 is 1.15 bits per heavy atom. The minimum absolute atomic E-state index is 0.186. The highest BCUT2D eigenvalue weighted by Crippen LogP contribution is 2.30. The summed E-state index contributed by atoms with van der Waals surface area (Å²) in [5.74, 6) is 0.445. The molecule has 0 aliphatic carbocycles. The van der Waals surface area contributed by atoms with E-state index in [-0.39, 0.29) is 6.10 Å². The summed E-state index contributed by atoms with van der Waals surface area (Å²) in [4.78, 5) is 8.27. The molecule has 1 aromatic carbocycles. The number of fused-ring (bicyclic) bond motifs is 1. The van der Waals surface area contributed by atoms with Crippen LogP contribution in [0.1, 0.15) is 18.5 Å². The van der Waals surface area contributed by atoms with Crippen LogP contribution in [0, 0.1) is 0 Å². The van der Waals surface area contributed by atoms with Crippen molar-refractivity contribution in [3.8, 4) is 11.1 Å². The van der Waals surface area contributed by atoms with E-state index in [4.69, 9.17) is 32.9 Å². The maximum atomic E-state index is 8.78. The van der Waals surface area contributed by atoms with Crippen molar-refractivity contribution in [2.75, 3.05) is 18.9 Å². The van der Waals surface area contributed by atoms with Crippen molar-refractivity contribution in [3.63, 3.8) is 0 Å². The molecule has 1 atom stereocenters. The lowest BCUT2D eigenvalue weighted by atomic mass is 10.0. The molecule has 1 fully saturated rings. The lowest BCUT2D eigenvalue weighted by molar-refractivity contribution is -0.00535. The Hall–Kier alpha value is -2.25. The van der Waals surface area contributed by atoms with Crippen LogP contribution in [-0.4, -0.2) is 34.4 Å². The van der Waals surface area contributed by atoms with Gasteiger partial charge in [0.05, 0.1) is 23.4 Å². The van der Waals surface area contributed by atoms with Crippen molar-refractivity contribution in [3.05, 3.63) is 53.4 Å². The van der Waals surface area contributed by atoms with Gasteiger partial charge in [0.25, 0.3) is 0 Å². The van der Waals surface area contributed by atoms with Crippen LogP contribution in [0.3, 0.4) is 0 Å². The Morgan fingerprint density at radius 2 is 2.00 bits per heavy atom. The number of aromatic nitrogens is 2. The minimum atomic E-state index is -0.186. The number of ether oxygens (including phenoxy) is 1. The van der Waals surface area contributed by atoms with E-state index in [1.54, 1.807) is 12.3 Å². The molecule has 3 aromatic rings. The first-order chi connectivity index (χ1) is 13.1. The highest BCUT2D eigenvalue weighted by molar-refractivity contribution is 6.33. The molecule has 6 nitrogen and oxygen atoms in total. The van der Waals surface area contributed by atoms with Crippen LogP contribution in [0.5, 0.6) is 0 Å². The lowest BCUT2D eigenvalue weighted by Crippen LogP contribution is -2.21. The highest BCUT2D eigenvalue weighted by atomic mass is 35.5. The summed E-state index contributed by atoms with van der Waals surface area (Å²) >= 11 is 6.18. The topological polar surface area (TPSA) is 107 Å². The van der Waals surface area contributed by atoms with Gasteiger partial charge in [0.2, 0.25) is 0 Å². The van der Waals surface area contributed by atoms with Crippen molar-refractivity contribution in [2.24, 2.45) is 5.73 Å². The Balaban J connectivity index is 0.000000253. The molecule has 1 unspecified atom stereocenters. The van der Waals surface area contributed by atoms with Crippen LogP contribution in [0.2, 0.25) is 5.02 Å². The number of nitrogen functional groups attached to an aromatic ring is 1. The van der Waals surface area contributed by atoms with E-state index in [0.717, 1.165) is 47.0 Å². The van der Waals surface area contributed by atoms with Crippen LogP contribution in [-0.2, 0) is 11.3 Å². The fourth-order valence-corrected chi connectivity index (χ4v) is 3.08. The first kappa shape index (κ1) is 19.5. The fourth-order valence-electron chi connectivity index (χ4n) is 2.87. The molecule has 0 bridgehead atoms. The predicted molar refractivity (Wildman–Crippen MR) is 108 cm³/mol. The number of nitrogens with zero attached hydrogens (tertiary/aromatic N) is 2. The summed E-state index contributed by atoms with van der Waals surface area (Å²) in [6.07, 6.45) is 5.13. The normalized spacial score (nSPS) is 16.6. The molecule has 7 heteroatoms. The molecular weight excluding hydrogens is 364 g/mol. The predicted octanol–water partition coefficient (Wildman–Crippen LogP) is 3.15. The van der Waals surface area contributed by atoms with Gasteiger partial charge in [-0.15, -0.1) is 0 Å². The van der Waals surface area contributed by atoms with E-state index < -0.39 is 0 Å². The highest BCUT2D eigenvalue weighted by Gasteiger charge is 2.08. The van der Waals surface area contributed by atoms with E-state index >= 15 is 0 Å². The zero-order valence-electron chi connectivity index (χ0n) is 14.9. The number of aliphatic hydroxyl groups excluding tert-OH is 1. The van der Waals surface area contributed by atoms with Gasteiger partial charge in [-0.3, -0.25) is 4.98 Å². The summed E-state index contributed by atoms with van der Waals surface area (Å²) in [5, 5.41) is 11.5. The molecule has 5 N–H and O–H groups in total.